The monoisotopic (exact) mass is 347 g/mol. The van der Waals surface area contributed by atoms with E-state index in [0.717, 1.165) is 18.4 Å². The summed E-state index contributed by atoms with van der Waals surface area (Å²) < 4.78 is 1.19. The number of hydrogen-bond acceptors (Lipinski definition) is 1. The molecule has 0 aliphatic carbocycles. The molecule has 0 aliphatic rings. The molecule has 0 heterocycles. The van der Waals surface area contributed by atoms with Crippen molar-refractivity contribution < 1.29 is 0 Å². The van der Waals surface area contributed by atoms with Gasteiger partial charge in [0.05, 0.1) is 0 Å². The summed E-state index contributed by atoms with van der Waals surface area (Å²) >= 11 is 7.11. The third-order valence-corrected chi connectivity index (χ3v) is 3.88. The highest BCUT2D eigenvalue weighted by atomic mass is 79.9. The molecule has 0 aromatic heterocycles. The van der Waals surface area contributed by atoms with Crippen molar-refractivity contribution in [3.63, 3.8) is 0 Å². The fraction of sp³-hybridized carbons (Fsp3) is 0.538. The van der Waals surface area contributed by atoms with Gasteiger partial charge in [0.25, 0.3) is 0 Å². The molecule has 0 N–H and O–H groups in total. The topological polar surface area (TPSA) is 3.24 Å². The maximum Gasteiger partial charge on any atom is 0.0377 e. The first-order chi connectivity index (χ1) is 7.72. The lowest BCUT2D eigenvalue weighted by atomic mass is 10.2. The van der Waals surface area contributed by atoms with Crippen LogP contribution >= 0.6 is 31.9 Å². The minimum absolute atomic E-state index is 0.898. The highest BCUT2D eigenvalue weighted by Gasteiger charge is 2.06. The third kappa shape index (κ3) is 3.77. The maximum absolute atomic E-state index is 3.62. The van der Waals surface area contributed by atoms with Crippen molar-refractivity contribution in [2.75, 3.05) is 18.0 Å². The van der Waals surface area contributed by atoms with Crippen molar-refractivity contribution in [3.8, 4) is 0 Å². The molecule has 0 spiro atoms. The molecule has 0 radical (unpaired) electrons. The normalized spacial score (nSPS) is 10.5. The summed E-state index contributed by atoms with van der Waals surface area (Å²) in [6, 6.07) is 6.63. The average Bonchev–Trinajstić information content (AvgIpc) is 2.28. The smallest absolute Gasteiger partial charge is 0.0377 e. The average molecular weight is 349 g/mol. The summed E-state index contributed by atoms with van der Waals surface area (Å²) in [6.45, 7) is 6.72. The minimum atomic E-state index is 0.898. The lowest BCUT2D eigenvalue weighted by molar-refractivity contribution is 0.744. The summed E-state index contributed by atoms with van der Waals surface area (Å²) in [5.74, 6) is 0. The summed E-state index contributed by atoms with van der Waals surface area (Å²) in [6.07, 6.45) is 2.38. The van der Waals surface area contributed by atoms with Crippen LogP contribution in [0.4, 0.5) is 5.69 Å². The van der Waals surface area contributed by atoms with E-state index in [0.29, 0.717) is 0 Å². The minimum Gasteiger partial charge on any atom is -0.372 e. The zero-order valence-corrected chi connectivity index (χ0v) is 13.1. The molecule has 0 saturated carbocycles. The Morgan fingerprint density at radius 3 is 2.19 bits per heavy atom. The molecule has 90 valence electrons. The largest absolute Gasteiger partial charge is 0.372 e. The van der Waals surface area contributed by atoms with E-state index in [1.165, 1.54) is 28.6 Å². The van der Waals surface area contributed by atoms with Crippen molar-refractivity contribution >= 4 is 37.5 Å². The van der Waals surface area contributed by atoms with Crippen molar-refractivity contribution in [2.45, 2.75) is 32.0 Å². The molecule has 0 fully saturated rings. The molecule has 1 rings (SSSR count). The Kier molecular flexibility index (Phi) is 6.44. The Morgan fingerprint density at radius 2 is 1.75 bits per heavy atom. The van der Waals surface area contributed by atoms with Crippen molar-refractivity contribution in [1.29, 1.82) is 0 Å². The number of halogens is 2. The van der Waals surface area contributed by atoms with Crippen LogP contribution in [0, 0.1) is 0 Å². The zero-order valence-electron chi connectivity index (χ0n) is 9.97. The zero-order chi connectivity index (χ0) is 12.0. The van der Waals surface area contributed by atoms with Gasteiger partial charge in [0.2, 0.25) is 0 Å². The van der Waals surface area contributed by atoms with Crippen LogP contribution in [0.1, 0.15) is 32.3 Å². The molecule has 0 amide bonds. The van der Waals surface area contributed by atoms with Crippen LogP contribution < -0.4 is 4.90 Å². The van der Waals surface area contributed by atoms with E-state index in [1.807, 2.05) is 0 Å². The SMILES string of the molecule is CCCN(CCC)c1ccc(CBr)c(Br)c1. The molecule has 0 unspecified atom stereocenters. The van der Waals surface area contributed by atoms with Gasteiger partial charge in [0.15, 0.2) is 0 Å². The van der Waals surface area contributed by atoms with Crippen LogP contribution in [-0.2, 0) is 5.33 Å². The highest BCUT2D eigenvalue weighted by Crippen LogP contribution is 2.26. The van der Waals surface area contributed by atoms with E-state index < -0.39 is 0 Å². The van der Waals surface area contributed by atoms with E-state index in [-0.39, 0.29) is 0 Å². The van der Waals surface area contributed by atoms with Gasteiger partial charge >= 0.3 is 0 Å². The first-order valence-corrected chi connectivity index (χ1v) is 7.73. The second-order valence-corrected chi connectivity index (χ2v) is 5.31. The van der Waals surface area contributed by atoms with E-state index in [1.54, 1.807) is 0 Å². The highest BCUT2D eigenvalue weighted by molar-refractivity contribution is 9.10. The first-order valence-electron chi connectivity index (χ1n) is 5.82. The Labute approximate surface area is 115 Å². The number of rotatable bonds is 6. The molecule has 0 atom stereocenters. The number of anilines is 1. The van der Waals surface area contributed by atoms with Gasteiger partial charge in [-0.1, -0.05) is 51.8 Å². The lowest BCUT2D eigenvalue weighted by Crippen LogP contribution is -2.24. The van der Waals surface area contributed by atoms with Gasteiger partial charge in [-0.2, -0.15) is 0 Å². The van der Waals surface area contributed by atoms with Crippen LogP contribution in [-0.4, -0.2) is 13.1 Å². The third-order valence-electron chi connectivity index (χ3n) is 2.53. The summed E-state index contributed by atoms with van der Waals surface area (Å²) in [5, 5.41) is 0.898. The number of benzene rings is 1. The molecule has 3 heteroatoms. The maximum atomic E-state index is 3.62. The standard InChI is InChI=1S/C13H19Br2N/c1-3-7-16(8-4-2)12-6-5-11(10-14)13(15)9-12/h5-6,9H,3-4,7-8,10H2,1-2H3. The fourth-order valence-corrected chi connectivity index (χ4v) is 3.12. The lowest BCUT2D eigenvalue weighted by Gasteiger charge is -2.24. The van der Waals surface area contributed by atoms with Crippen LogP contribution in [0.5, 0.6) is 0 Å². The number of nitrogens with zero attached hydrogens (tertiary/aromatic N) is 1. The van der Waals surface area contributed by atoms with Crippen LogP contribution in [0.3, 0.4) is 0 Å². The van der Waals surface area contributed by atoms with E-state index >= 15 is 0 Å². The summed E-state index contributed by atoms with van der Waals surface area (Å²) in [7, 11) is 0. The molecular weight excluding hydrogens is 330 g/mol. The second kappa shape index (κ2) is 7.33. The Bertz CT molecular complexity index is 320. The van der Waals surface area contributed by atoms with Crippen molar-refractivity contribution in [2.24, 2.45) is 0 Å². The van der Waals surface area contributed by atoms with E-state index in [9.17, 15) is 0 Å². The Hall–Kier alpha value is -0.0200. The van der Waals surface area contributed by atoms with Gasteiger partial charge in [0, 0.05) is 28.6 Å². The van der Waals surface area contributed by atoms with Gasteiger partial charge < -0.3 is 4.90 Å². The van der Waals surface area contributed by atoms with Gasteiger partial charge in [-0.05, 0) is 30.5 Å². The quantitative estimate of drug-likeness (QED) is 0.656. The molecule has 0 saturated heterocycles. The van der Waals surface area contributed by atoms with Crippen LogP contribution in [0.15, 0.2) is 22.7 Å². The number of hydrogen-bond donors (Lipinski definition) is 0. The molecule has 0 aliphatic heterocycles. The number of alkyl halides is 1. The van der Waals surface area contributed by atoms with Gasteiger partial charge in [-0.15, -0.1) is 0 Å². The van der Waals surface area contributed by atoms with E-state index in [2.05, 4.69) is 68.8 Å². The van der Waals surface area contributed by atoms with E-state index in [4.69, 9.17) is 0 Å². The van der Waals surface area contributed by atoms with Gasteiger partial charge in [-0.3, -0.25) is 0 Å². The predicted octanol–water partition coefficient (Wildman–Crippen LogP) is 4.97. The second-order valence-electron chi connectivity index (χ2n) is 3.90. The van der Waals surface area contributed by atoms with Crippen molar-refractivity contribution in [3.05, 3.63) is 28.2 Å². The van der Waals surface area contributed by atoms with Crippen LogP contribution in [0.25, 0.3) is 0 Å². The summed E-state index contributed by atoms with van der Waals surface area (Å²) in [5.41, 5.74) is 2.62. The van der Waals surface area contributed by atoms with Crippen molar-refractivity contribution in [1.82, 2.24) is 0 Å². The van der Waals surface area contributed by atoms with Gasteiger partial charge in [0.1, 0.15) is 0 Å². The Balaban J connectivity index is 2.87. The molecule has 16 heavy (non-hydrogen) atoms. The first kappa shape index (κ1) is 14.0. The van der Waals surface area contributed by atoms with Crippen LogP contribution in [0.2, 0.25) is 0 Å². The molecule has 1 nitrogen and oxygen atoms in total. The molecule has 0 bridgehead atoms. The molecule has 1 aromatic rings. The molecular formula is C13H19Br2N. The fourth-order valence-electron chi connectivity index (χ4n) is 1.75. The summed E-state index contributed by atoms with van der Waals surface area (Å²) in [4.78, 5) is 2.45. The Morgan fingerprint density at radius 1 is 1.12 bits per heavy atom. The van der Waals surface area contributed by atoms with Gasteiger partial charge in [-0.25, -0.2) is 0 Å². The predicted molar refractivity (Wildman–Crippen MR) is 79.6 cm³/mol. The molecule has 1 aromatic carbocycles.